The average molecular weight is 250 g/mol. The van der Waals surface area contributed by atoms with Crippen LogP contribution >= 0.6 is 0 Å². The van der Waals surface area contributed by atoms with Crippen LogP contribution in [0.4, 0.5) is 5.69 Å². The number of aromatic carboxylic acids is 1. The van der Waals surface area contributed by atoms with Crippen LogP contribution in [0.15, 0.2) is 18.3 Å². The Balaban J connectivity index is 1.84. The fraction of sp³-hybridized carbons (Fsp3) is 0.538. The summed E-state index contributed by atoms with van der Waals surface area (Å²) < 4.78 is 5.62. The maximum atomic E-state index is 11.0. The SMILES string of the molecule is O=C(O)c1ncccc1NCCC1CCCCO1. The van der Waals surface area contributed by atoms with E-state index in [2.05, 4.69) is 10.3 Å². The fourth-order valence-electron chi connectivity index (χ4n) is 2.12. The number of nitrogens with one attached hydrogen (secondary N) is 1. The Bertz CT molecular complexity index is 403. The Morgan fingerprint density at radius 3 is 3.17 bits per heavy atom. The molecule has 0 amide bonds. The van der Waals surface area contributed by atoms with Gasteiger partial charge in [-0.05, 0) is 37.8 Å². The van der Waals surface area contributed by atoms with Gasteiger partial charge in [-0.3, -0.25) is 0 Å². The zero-order valence-electron chi connectivity index (χ0n) is 10.3. The minimum absolute atomic E-state index is 0.0714. The number of hydrogen-bond acceptors (Lipinski definition) is 4. The number of carboxylic acid groups (broad SMARTS) is 1. The number of aromatic nitrogens is 1. The molecule has 1 aliphatic rings. The van der Waals surface area contributed by atoms with Crippen LogP contribution < -0.4 is 5.32 Å². The van der Waals surface area contributed by atoms with Crippen molar-refractivity contribution in [1.82, 2.24) is 4.98 Å². The molecule has 0 bridgehead atoms. The standard InChI is InChI=1S/C13H18N2O3/c16-13(17)12-11(5-3-7-15-12)14-8-6-10-4-1-2-9-18-10/h3,5,7,10,14H,1-2,4,6,8-9H2,(H,16,17). The van der Waals surface area contributed by atoms with Crippen molar-refractivity contribution >= 4 is 11.7 Å². The van der Waals surface area contributed by atoms with E-state index in [1.807, 2.05) is 0 Å². The molecule has 0 aliphatic carbocycles. The number of carboxylic acids is 1. The molecule has 0 aromatic carbocycles. The second-order valence-corrected chi connectivity index (χ2v) is 4.41. The van der Waals surface area contributed by atoms with Crippen molar-refractivity contribution in [1.29, 1.82) is 0 Å². The molecular weight excluding hydrogens is 232 g/mol. The maximum absolute atomic E-state index is 11.0. The Morgan fingerprint density at radius 2 is 2.44 bits per heavy atom. The number of hydrogen-bond donors (Lipinski definition) is 2. The zero-order chi connectivity index (χ0) is 12.8. The van der Waals surface area contributed by atoms with E-state index in [1.165, 1.54) is 12.6 Å². The van der Waals surface area contributed by atoms with Gasteiger partial charge in [0.15, 0.2) is 5.69 Å². The summed E-state index contributed by atoms with van der Waals surface area (Å²) in [4.78, 5) is 14.8. The highest BCUT2D eigenvalue weighted by atomic mass is 16.5. The van der Waals surface area contributed by atoms with Gasteiger partial charge in [0.05, 0.1) is 11.8 Å². The number of carbonyl (C=O) groups is 1. The Hall–Kier alpha value is -1.62. The van der Waals surface area contributed by atoms with Crippen LogP contribution in [0.2, 0.25) is 0 Å². The summed E-state index contributed by atoms with van der Waals surface area (Å²) >= 11 is 0. The first-order valence-electron chi connectivity index (χ1n) is 6.31. The Labute approximate surface area is 106 Å². The van der Waals surface area contributed by atoms with Gasteiger partial charge in [-0.1, -0.05) is 0 Å². The lowest BCUT2D eigenvalue weighted by molar-refractivity contribution is 0.0134. The third-order valence-corrected chi connectivity index (χ3v) is 3.07. The molecule has 0 radical (unpaired) electrons. The lowest BCUT2D eigenvalue weighted by atomic mass is 10.1. The normalized spacial score (nSPS) is 19.4. The second-order valence-electron chi connectivity index (χ2n) is 4.41. The first-order chi connectivity index (χ1) is 8.77. The van der Waals surface area contributed by atoms with Gasteiger partial charge < -0.3 is 15.2 Å². The molecule has 1 fully saturated rings. The van der Waals surface area contributed by atoms with Gasteiger partial charge in [0.25, 0.3) is 0 Å². The van der Waals surface area contributed by atoms with Crippen molar-refractivity contribution in [3.63, 3.8) is 0 Å². The lowest BCUT2D eigenvalue weighted by Crippen LogP contribution is -2.22. The van der Waals surface area contributed by atoms with Crippen molar-refractivity contribution in [2.75, 3.05) is 18.5 Å². The van der Waals surface area contributed by atoms with Crippen molar-refractivity contribution in [2.45, 2.75) is 31.8 Å². The fourth-order valence-corrected chi connectivity index (χ4v) is 2.12. The van der Waals surface area contributed by atoms with E-state index in [0.29, 0.717) is 18.3 Å². The molecule has 1 saturated heterocycles. The number of anilines is 1. The minimum Gasteiger partial charge on any atom is -0.476 e. The largest absolute Gasteiger partial charge is 0.476 e. The number of pyridine rings is 1. The summed E-state index contributed by atoms with van der Waals surface area (Å²) in [6.45, 7) is 1.55. The minimum atomic E-state index is -1.01. The molecule has 2 heterocycles. The van der Waals surface area contributed by atoms with Gasteiger partial charge in [0.2, 0.25) is 0 Å². The average Bonchev–Trinajstić information content (AvgIpc) is 2.40. The topological polar surface area (TPSA) is 71.5 Å². The Morgan fingerprint density at radius 1 is 1.56 bits per heavy atom. The van der Waals surface area contributed by atoms with Crippen molar-refractivity contribution in [3.05, 3.63) is 24.0 Å². The summed E-state index contributed by atoms with van der Waals surface area (Å²) in [7, 11) is 0. The first kappa shape index (κ1) is 12.8. The molecule has 1 aromatic rings. The van der Waals surface area contributed by atoms with Crippen LogP contribution in [0.1, 0.15) is 36.2 Å². The van der Waals surface area contributed by atoms with Gasteiger partial charge in [0, 0.05) is 19.3 Å². The summed E-state index contributed by atoms with van der Waals surface area (Å²) in [6.07, 6.45) is 6.15. The molecule has 5 heteroatoms. The highest BCUT2D eigenvalue weighted by molar-refractivity contribution is 5.91. The van der Waals surface area contributed by atoms with E-state index in [4.69, 9.17) is 9.84 Å². The van der Waals surface area contributed by atoms with Crippen molar-refractivity contribution in [2.24, 2.45) is 0 Å². The third kappa shape index (κ3) is 3.43. The van der Waals surface area contributed by atoms with Crippen LogP contribution in [0.3, 0.4) is 0 Å². The summed E-state index contributed by atoms with van der Waals surface area (Å²) in [5, 5.41) is 12.1. The highest BCUT2D eigenvalue weighted by Crippen LogP contribution is 2.17. The molecule has 98 valence electrons. The van der Waals surface area contributed by atoms with Gasteiger partial charge in [-0.2, -0.15) is 0 Å². The molecule has 18 heavy (non-hydrogen) atoms. The quantitative estimate of drug-likeness (QED) is 0.837. The van der Waals surface area contributed by atoms with Crippen LogP contribution in [0, 0.1) is 0 Å². The molecule has 2 rings (SSSR count). The third-order valence-electron chi connectivity index (χ3n) is 3.07. The molecule has 0 spiro atoms. The van der Waals surface area contributed by atoms with Gasteiger partial charge in [0.1, 0.15) is 0 Å². The molecule has 1 aliphatic heterocycles. The molecule has 1 aromatic heterocycles. The van der Waals surface area contributed by atoms with Crippen LogP contribution in [-0.4, -0.2) is 35.3 Å². The van der Waals surface area contributed by atoms with E-state index in [1.54, 1.807) is 12.1 Å². The highest BCUT2D eigenvalue weighted by Gasteiger charge is 2.14. The van der Waals surface area contributed by atoms with E-state index < -0.39 is 5.97 Å². The molecule has 5 nitrogen and oxygen atoms in total. The summed E-state index contributed by atoms with van der Waals surface area (Å²) in [6, 6.07) is 3.46. The molecular formula is C13H18N2O3. The molecule has 1 unspecified atom stereocenters. The van der Waals surface area contributed by atoms with Gasteiger partial charge in [-0.15, -0.1) is 0 Å². The number of rotatable bonds is 5. The van der Waals surface area contributed by atoms with Crippen LogP contribution in [-0.2, 0) is 4.74 Å². The Kier molecular flexibility index (Phi) is 4.52. The summed E-state index contributed by atoms with van der Waals surface area (Å²) in [5.41, 5.74) is 0.642. The monoisotopic (exact) mass is 250 g/mol. The maximum Gasteiger partial charge on any atom is 0.356 e. The number of nitrogens with zero attached hydrogens (tertiary/aromatic N) is 1. The van der Waals surface area contributed by atoms with Gasteiger partial charge >= 0.3 is 5.97 Å². The first-order valence-corrected chi connectivity index (χ1v) is 6.31. The van der Waals surface area contributed by atoms with Crippen LogP contribution in [0.5, 0.6) is 0 Å². The predicted molar refractivity (Wildman–Crippen MR) is 67.9 cm³/mol. The summed E-state index contributed by atoms with van der Waals surface area (Å²) in [5.74, 6) is -1.01. The van der Waals surface area contributed by atoms with E-state index in [0.717, 1.165) is 25.9 Å². The van der Waals surface area contributed by atoms with Crippen LogP contribution in [0.25, 0.3) is 0 Å². The zero-order valence-corrected chi connectivity index (χ0v) is 10.3. The van der Waals surface area contributed by atoms with Crippen molar-refractivity contribution in [3.8, 4) is 0 Å². The second kappa shape index (κ2) is 6.35. The van der Waals surface area contributed by atoms with Gasteiger partial charge in [-0.25, -0.2) is 9.78 Å². The smallest absolute Gasteiger partial charge is 0.356 e. The van der Waals surface area contributed by atoms with Crippen molar-refractivity contribution < 1.29 is 14.6 Å². The lowest BCUT2D eigenvalue weighted by Gasteiger charge is -2.22. The van der Waals surface area contributed by atoms with E-state index in [-0.39, 0.29) is 5.69 Å². The van der Waals surface area contributed by atoms with E-state index >= 15 is 0 Å². The molecule has 0 saturated carbocycles. The van der Waals surface area contributed by atoms with E-state index in [9.17, 15) is 4.79 Å². The molecule has 1 atom stereocenters. The molecule has 2 N–H and O–H groups in total. The predicted octanol–water partition coefficient (Wildman–Crippen LogP) is 2.15. The number of ether oxygens (including phenoxy) is 1.